The fourth-order valence-corrected chi connectivity index (χ4v) is 2.18. The zero-order valence-corrected chi connectivity index (χ0v) is 13.5. The average molecular weight is 306 g/mol. The minimum absolute atomic E-state index is 0. The van der Waals surface area contributed by atoms with Crippen molar-refractivity contribution < 1.29 is 4.74 Å². The molecule has 2 N–H and O–H groups in total. The first-order chi connectivity index (χ1) is 9.72. The first kappa shape index (κ1) is 17.5. The second kappa shape index (κ2) is 8.71. The molecule has 2 nitrogen and oxygen atoms in total. The summed E-state index contributed by atoms with van der Waals surface area (Å²) in [6.45, 7) is 4.92. The molecule has 0 aliphatic heterocycles. The molecule has 0 aliphatic rings. The van der Waals surface area contributed by atoms with Crippen LogP contribution >= 0.6 is 12.4 Å². The molecule has 0 amide bonds. The Morgan fingerprint density at radius 1 is 1.00 bits per heavy atom. The second-order valence-corrected chi connectivity index (χ2v) is 5.22. The zero-order chi connectivity index (χ0) is 14.4. The molecule has 2 rings (SSSR count). The fourth-order valence-electron chi connectivity index (χ4n) is 2.18. The molecule has 0 saturated carbocycles. The summed E-state index contributed by atoms with van der Waals surface area (Å²) >= 11 is 0. The van der Waals surface area contributed by atoms with Gasteiger partial charge < -0.3 is 10.5 Å². The molecule has 2 atom stereocenters. The van der Waals surface area contributed by atoms with Crippen LogP contribution in [0.2, 0.25) is 0 Å². The molecular formula is C18H24ClNO. The molecule has 1 unspecified atom stereocenters. The van der Waals surface area contributed by atoms with Crippen molar-refractivity contribution in [1.82, 2.24) is 0 Å². The van der Waals surface area contributed by atoms with Gasteiger partial charge >= 0.3 is 0 Å². The highest BCUT2D eigenvalue weighted by molar-refractivity contribution is 5.85. The third-order valence-corrected chi connectivity index (χ3v) is 3.77. The van der Waals surface area contributed by atoms with Gasteiger partial charge in [0.2, 0.25) is 0 Å². The minimum atomic E-state index is 0. The largest absolute Gasteiger partial charge is 0.489 e. The Morgan fingerprint density at radius 3 is 2.29 bits per heavy atom. The van der Waals surface area contributed by atoms with Crippen LogP contribution in [0, 0.1) is 5.92 Å². The van der Waals surface area contributed by atoms with Crippen molar-refractivity contribution >= 4 is 12.4 Å². The molecule has 21 heavy (non-hydrogen) atoms. The van der Waals surface area contributed by atoms with E-state index in [1.807, 2.05) is 36.4 Å². The van der Waals surface area contributed by atoms with E-state index in [-0.39, 0.29) is 18.4 Å². The van der Waals surface area contributed by atoms with Crippen molar-refractivity contribution in [3.8, 4) is 5.75 Å². The van der Waals surface area contributed by atoms with Crippen LogP contribution in [0.4, 0.5) is 0 Å². The fraction of sp³-hybridized carbons (Fsp3) is 0.333. The summed E-state index contributed by atoms with van der Waals surface area (Å²) in [6.07, 6.45) is 1.06. The molecule has 0 radical (unpaired) electrons. The van der Waals surface area contributed by atoms with E-state index in [1.165, 1.54) is 5.56 Å². The quantitative estimate of drug-likeness (QED) is 0.837. The molecule has 2 aromatic rings. The predicted molar refractivity (Wildman–Crippen MR) is 90.8 cm³/mol. The van der Waals surface area contributed by atoms with E-state index in [1.54, 1.807) is 0 Å². The van der Waals surface area contributed by atoms with E-state index in [4.69, 9.17) is 10.5 Å². The van der Waals surface area contributed by atoms with Crippen molar-refractivity contribution in [3.05, 3.63) is 65.7 Å². The van der Waals surface area contributed by atoms with Crippen molar-refractivity contribution in [2.24, 2.45) is 11.7 Å². The summed E-state index contributed by atoms with van der Waals surface area (Å²) in [5.41, 5.74) is 8.60. The molecular weight excluding hydrogens is 282 g/mol. The lowest BCUT2D eigenvalue weighted by molar-refractivity contribution is 0.297. The molecule has 0 bridgehead atoms. The van der Waals surface area contributed by atoms with Crippen LogP contribution in [-0.4, -0.2) is 0 Å². The Kier molecular flexibility index (Phi) is 7.27. The van der Waals surface area contributed by atoms with Gasteiger partial charge in [-0.15, -0.1) is 12.4 Å². The molecule has 0 spiro atoms. The van der Waals surface area contributed by atoms with Crippen LogP contribution in [0.3, 0.4) is 0 Å². The number of ether oxygens (including phenoxy) is 1. The van der Waals surface area contributed by atoms with E-state index < -0.39 is 0 Å². The molecule has 0 fully saturated rings. The van der Waals surface area contributed by atoms with Gasteiger partial charge in [-0.25, -0.2) is 0 Å². The Hall–Kier alpha value is -1.51. The Morgan fingerprint density at radius 2 is 1.62 bits per heavy atom. The lowest BCUT2D eigenvalue weighted by Gasteiger charge is -2.21. The van der Waals surface area contributed by atoms with E-state index >= 15 is 0 Å². The number of nitrogens with two attached hydrogens (primary N) is 1. The summed E-state index contributed by atoms with van der Waals surface area (Å²) in [5.74, 6) is 1.33. The summed E-state index contributed by atoms with van der Waals surface area (Å²) in [4.78, 5) is 0. The van der Waals surface area contributed by atoms with Crippen LogP contribution in [0.15, 0.2) is 54.6 Å². The summed E-state index contributed by atoms with van der Waals surface area (Å²) < 4.78 is 5.96. The van der Waals surface area contributed by atoms with E-state index in [0.717, 1.165) is 17.7 Å². The second-order valence-electron chi connectivity index (χ2n) is 5.22. The van der Waals surface area contributed by atoms with E-state index in [9.17, 15) is 0 Å². The van der Waals surface area contributed by atoms with Crippen LogP contribution in [-0.2, 0) is 6.61 Å². The number of benzene rings is 2. The Bertz CT molecular complexity index is 530. The normalized spacial score (nSPS) is 13.1. The maximum atomic E-state index is 6.34. The van der Waals surface area contributed by atoms with Gasteiger partial charge in [0, 0.05) is 11.6 Å². The standard InChI is InChI=1S/C18H23NO.ClH/c1-3-14(2)18(19)16-11-7-8-12-17(16)20-13-15-9-5-4-6-10-15;/h4-12,14,18H,3,13,19H2,1-2H3;1H/t14?,18-;/m0./s1. The van der Waals surface area contributed by atoms with Gasteiger partial charge in [0.15, 0.2) is 0 Å². The first-order valence-corrected chi connectivity index (χ1v) is 7.23. The SMILES string of the molecule is CCC(C)[C@H](N)c1ccccc1OCc1ccccc1.Cl. The van der Waals surface area contributed by atoms with Gasteiger partial charge in [0.1, 0.15) is 12.4 Å². The number of hydrogen-bond donors (Lipinski definition) is 1. The van der Waals surface area contributed by atoms with Gasteiger partial charge in [-0.3, -0.25) is 0 Å². The number of hydrogen-bond acceptors (Lipinski definition) is 2. The number of halogens is 1. The van der Waals surface area contributed by atoms with Crippen molar-refractivity contribution in [3.63, 3.8) is 0 Å². The van der Waals surface area contributed by atoms with Crippen LogP contribution in [0.1, 0.15) is 37.4 Å². The zero-order valence-electron chi connectivity index (χ0n) is 12.7. The van der Waals surface area contributed by atoms with Crippen LogP contribution in [0.25, 0.3) is 0 Å². The molecule has 2 aromatic carbocycles. The van der Waals surface area contributed by atoms with Crippen LogP contribution in [0.5, 0.6) is 5.75 Å². The number of para-hydroxylation sites is 1. The lowest BCUT2D eigenvalue weighted by Crippen LogP contribution is -2.19. The first-order valence-electron chi connectivity index (χ1n) is 7.23. The van der Waals surface area contributed by atoms with Gasteiger partial charge in [-0.05, 0) is 17.5 Å². The molecule has 0 aliphatic carbocycles. The molecule has 114 valence electrons. The number of rotatable bonds is 6. The van der Waals surface area contributed by atoms with Crippen LogP contribution < -0.4 is 10.5 Å². The summed E-state index contributed by atoms with van der Waals surface area (Å²) in [7, 11) is 0. The summed E-state index contributed by atoms with van der Waals surface area (Å²) in [5, 5.41) is 0. The monoisotopic (exact) mass is 305 g/mol. The average Bonchev–Trinajstić information content (AvgIpc) is 2.52. The molecule has 3 heteroatoms. The Labute approximate surface area is 133 Å². The van der Waals surface area contributed by atoms with E-state index in [0.29, 0.717) is 12.5 Å². The van der Waals surface area contributed by atoms with Crippen molar-refractivity contribution in [2.75, 3.05) is 0 Å². The van der Waals surface area contributed by atoms with Crippen molar-refractivity contribution in [1.29, 1.82) is 0 Å². The lowest BCUT2D eigenvalue weighted by atomic mass is 9.93. The van der Waals surface area contributed by atoms with Gasteiger partial charge in [0.05, 0.1) is 0 Å². The Balaban J connectivity index is 0.00000220. The van der Waals surface area contributed by atoms with Crippen molar-refractivity contribution in [2.45, 2.75) is 32.9 Å². The third-order valence-electron chi connectivity index (χ3n) is 3.77. The maximum absolute atomic E-state index is 6.34. The highest BCUT2D eigenvalue weighted by Crippen LogP contribution is 2.30. The summed E-state index contributed by atoms with van der Waals surface area (Å²) in [6, 6.07) is 18.3. The predicted octanol–water partition coefficient (Wildman–Crippen LogP) is 4.73. The van der Waals surface area contributed by atoms with Gasteiger partial charge in [0.25, 0.3) is 0 Å². The molecule has 0 heterocycles. The maximum Gasteiger partial charge on any atom is 0.124 e. The smallest absolute Gasteiger partial charge is 0.124 e. The van der Waals surface area contributed by atoms with Gasteiger partial charge in [-0.1, -0.05) is 68.8 Å². The highest BCUT2D eigenvalue weighted by atomic mass is 35.5. The molecule has 0 saturated heterocycles. The topological polar surface area (TPSA) is 35.2 Å². The van der Waals surface area contributed by atoms with E-state index in [2.05, 4.69) is 32.0 Å². The highest BCUT2D eigenvalue weighted by Gasteiger charge is 2.17. The molecule has 0 aromatic heterocycles. The minimum Gasteiger partial charge on any atom is -0.489 e. The third kappa shape index (κ3) is 4.76. The van der Waals surface area contributed by atoms with Gasteiger partial charge in [-0.2, -0.15) is 0 Å².